The second-order valence-corrected chi connectivity index (χ2v) is 6.38. The van der Waals surface area contributed by atoms with Gasteiger partial charge in [0.1, 0.15) is 6.54 Å². The Hall–Kier alpha value is -3.41. The average Bonchev–Trinajstić information content (AvgIpc) is 2.66. The number of para-hydroxylation sites is 2. The minimum absolute atomic E-state index is 0.128. The predicted molar refractivity (Wildman–Crippen MR) is 107 cm³/mol. The van der Waals surface area contributed by atoms with Crippen molar-refractivity contribution < 1.29 is 4.79 Å². The Bertz CT molecular complexity index is 983. The molecule has 1 amide bonds. The van der Waals surface area contributed by atoms with E-state index in [1.54, 1.807) is 13.0 Å². The van der Waals surface area contributed by atoms with Crippen LogP contribution < -0.4 is 15.8 Å². The second kappa shape index (κ2) is 8.31. The highest BCUT2D eigenvalue weighted by Gasteiger charge is 2.12. The summed E-state index contributed by atoms with van der Waals surface area (Å²) in [6.45, 7) is 2.37. The number of amides is 1. The molecule has 0 aliphatic heterocycles. The summed E-state index contributed by atoms with van der Waals surface area (Å²) in [7, 11) is 1.98. The van der Waals surface area contributed by atoms with E-state index in [1.807, 2.05) is 49.5 Å². The third kappa shape index (κ3) is 4.82. The Morgan fingerprint density at radius 3 is 2.52 bits per heavy atom. The molecule has 6 nitrogen and oxygen atoms in total. The standard InChI is InChI=1S/C21H22N4O2/c1-16-12-13-21(27)25(23-16)15-20(26)22-18-10-6-7-11-19(18)24(2)14-17-8-4-3-5-9-17/h3-13H,14-15H2,1-2H3,(H,22,26). The number of carbonyl (C=O) groups is 1. The zero-order valence-corrected chi connectivity index (χ0v) is 15.4. The van der Waals surface area contributed by atoms with Crippen molar-refractivity contribution >= 4 is 17.3 Å². The maximum Gasteiger partial charge on any atom is 0.267 e. The van der Waals surface area contributed by atoms with Crippen LogP contribution in [0.4, 0.5) is 11.4 Å². The predicted octanol–water partition coefficient (Wildman–Crippen LogP) is 2.83. The number of hydrogen-bond acceptors (Lipinski definition) is 4. The maximum atomic E-state index is 12.4. The molecule has 0 saturated carbocycles. The first-order valence-electron chi connectivity index (χ1n) is 8.71. The van der Waals surface area contributed by atoms with Gasteiger partial charge in [-0.25, -0.2) is 4.68 Å². The number of benzene rings is 2. The number of aryl methyl sites for hydroxylation is 1. The molecule has 0 atom stereocenters. The summed E-state index contributed by atoms with van der Waals surface area (Å²) in [6.07, 6.45) is 0. The minimum Gasteiger partial charge on any atom is -0.369 e. The maximum absolute atomic E-state index is 12.4. The highest BCUT2D eigenvalue weighted by molar-refractivity contribution is 5.94. The van der Waals surface area contributed by atoms with Gasteiger partial charge in [-0.1, -0.05) is 42.5 Å². The first kappa shape index (κ1) is 18.4. The summed E-state index contributed by atoms with van der Waals surface area (Å²) in [4.78, 5) is 26.4. The van der Waals surface area contributed by atoms with E-state index in [0.717, 1.165) is 5.69 Å². The fourth-order valence-electron chi connectivity index (χ4n) is 2.84. The molecule has 27 heavy (non-hydrogen) atoms. The third-order valence-electron chi connectivity index (χ3n) is 4.15. The highest BCUT2D eigenvalue weighted by Crippen LogP contribution is 2.25. The van der Waals surface area contributed by atoms with Gasteiger partial charge in [-0.05, 0) is 30.7 Å². The smallest absolute Gasteiger partial charge is 0.267 e. The van der Waals surface area contributed by atoms with Crippen molar-refractivity contribution in [2.45, 2.75) is 20.0 Å². The SMILES string of the molecule is Cc1ccc(=O)n(CC(=O)Nc2ccccc2N(C)Cc2ccccc2)n1. The van der Waals surface area contributed by atoms with Crippen LogP contribution in [0.15, 0.2) is 71.5 Å². The topological polar surface area (TPSA) is 67.2 Å². The molecule has 0 bridgehead atoms. The van der Waals surface area contributed by atoms with Crippen molar-refractivity contribution in [3.8, 4) is 0 Å². The lowest BCUT2D eigenvalue weighted by molar-refractivity contribution is -0.117. The molecule has 0 aliphatic rings. The largest absolute Gasteiger partial charge is 0.369 e. The summed E-state index contributed by atoms with van der Waals surface area (Å²) < 4.78 is 1.17. The second-order valence-electron chi connectivity index (χ2n) is 6.38. The highest BCUT2D eigenvalue weighted by atomic mass is 16.2. The third-order valence-corrected chi connectivity index (χ3v) is 4.15. The van der Waals surface area contributed by atoms with Crippen LogP contribution in [0.2, 0.25) is 0 Å². The van der Waals surface area contributed by atoms with Crippen molar-refractivity contribution in [2.75, 3.05) is 17.3 Å². The number of anilines is 2. The van der Waals surface area contributed by atoms with E-state index in [-0.39, 0.29) is 18.0 Å². The molecule has 6 heteroatoms. The lowest BCUT2D eigenvalue weighted by atomic mass is 10.2. The zero-order chi connectivity index (χ0) is 19.2. The van der Waals surface area contributed by atoms with Crippen molar-refractivity contribution in [1.82, 2.24) is 9.78 Å². The quantitative estimate of drug-likeness (QED) is 0.732. The van der Waals surface area contributed by atoms with Crippen LogP contribution in [0.3, 0.4) is 0 Å². The average molecular weight is 362 g/mol. The Labute approximate surface area is 158 Å². The van der Waals surface area contributed by atoms with Gasteiger partial charge < -0.3 is 10.2 Å². The molecule has 1 N–H and O–H groups in total. The zero-order valence-electron chi connectivity index (χ0n) is 15.4. The summed E-state index contributed by atoms with van der Waals surface area (Å²) in [6, 6.07) is 20.8. The number of aromatic nitrogens is 2. The Morgan fingerprint density at radius 2 is 1.74 bits per heavy atom. The van der Waals surface area contributed by atoms with Crippen LogP contribution >= 0.6 is 0 Å². The van der Waals surface area contributed by atoms with Crippen LogP contribution in [0.1, 0.15) is 11.3 Å². The molecule has 3 aromatic rings. The van der Waals surface area contributed by atoms with Crippen LogP contribution in [0.25, 0.3) is 0 Å². The minimum atomic E-state index is -0.301. The first-order chi connectivity index (χ1) is 13.0. The van der Waals surface area contributed by atoms with E-state index in [9.17, 15) is 9.59 Å². The van der Waals surface area contributed by atoms with E-state index in [4.69, 9.17) is 0 Å². The van der Waals surface area contributed by atoms with Crippen molar-refractivity contribution in [2.24, 2.45) is 0 Å². The molecule has 2 aromatic carbocycles. The molecule has 0 fully saturated rings. The summed E-state index contributed by atoms with van der Waals surface area (Å²) >= 11 is 0. The molecule has 138 valence electrons. The summed E-state index contributed by atoms with van der Waals surface area (Å²) in [5.74, 6) is -0.296. The van der Waals surface area contributed by atoms with E-state index in [0.29, 0.717) is 17.9 Å². The van der Waals surface area contributed by atoms with Gasteiger partial charge in [-0.15, -0.1) is 0 Å². The van der Waals surface area contributed by atoms with Gasteiger partial charge in [0.25, 0.3) is 5.56 Å². The van der Waals surface area contributed by atoms with E-state index < -0.39 is 0 Å². The number of carbonyl (C=O) groups excluding carboxylic acids is 1. The molecule has 1 heterocycles. The molecular weight excluding hydrogens is 340 g/mol. The van der Waals surface area contributed by atoms with E-state index >= 15 is 0 Å². The van der Waals surface area contributed by atoms with Crippen molar-refractivity contribution in [1.29, 1.82) is 0 Å². The normalized spacial score (nSPS) is 10.4. The summed E-state index contributed by atoms with van der Waals surface area (Å²) in [5, 5.41) is 6.99. The number of nitrogens with zero attached hydrogens (tertiary/aromatic N) is 3. The van der Waals surface area contributed by atoms with Crippen LogP contribution in [0.5, 0.6) is 0 Å². The van der Waals surface area contributed by atoms with E-state index in [1.165, 1.54) is 16.3 Å². The molecule has 0 saturated heterocycles. The van der Waals surface area contributed by atoms with Crippen LogP contribution in [0, 0.1) is 6.92 Å². The lowest BCUT2D eigenvalue weighted by Crippen LogP contribution is -2.30. The van der Waals surface area contributed by atoms with Crippen LogP contribution in [-0.4, -0.2) is 22.7 Å². The molecule has 3 rings (SSSR count). The summed E-state index contributed by atoms with van der Waals surface area (Å²) in [5.41, 5.74) is 3.16. The van der Waals surface area contributed by atoms with E-state index in [2.05, 4.69) is 27.4 Å². The lowest BCUT2D eigenvalue weighted by Gasteiger charge is -2.23. The van der Waals surface area contributed by atoms with Crippen molar-refractivity contribution in [3.05, 3.63) is 88.3 Å². The number of rotatable bonds is 6. The van der Waals surface area contributed by atoms with Gasteiger partial charge in [0.2, 0.25) is 5.91 Å². The van der Waals surface area contributed by atoms with Gasteiger partial charge >= 0.3 is 0 Å². The van der Waals surface area contributed by atoms with Gasteiger partial charge in [-0.3, -0.25) is 9.59 Å². The van der Waals surface area contributed by atoms with Gasteiger partial charge in [-0.2, -0.15) is 5.10 Å². The van der Waals surface area contributed by atoms with Gasteiger partial charge in [0, 0.05) is 19.7 Å². The molecule has 1 aromatic heterocycles. The number of hydrogen-bond donors (Lipinski definition) is 1. The Morgan fingerprint density at radius 1 is 1.04 bits per heavy atom. The van der Waals surface area contributed by atoms with Crippen molar-refractivity contribution in [3.63, 3.8) is 0 Å². The van der Waals surface area contributed by atoms with Gasteiger partial charge in [0.15, 0.2) is 0 Å². The Kier molecular flexibility index (Phi) is 5.66. The molecule has 0 radical (unpaired) electrons. The number of nitrogens with one attached hydrogen (secondary N) is 1. The molecule has 0 unspecified atom stereocenters. The monoisotopic (exact) mass is 362 g/mol. The fraction of sp³-hybridized carbons (Fsp3) is 0.190. The Balaban J connectivity index is 1.74. The van der Waals surface area contributed by atoms with Crippen LogP contribution in [-0.2, 0) is 17.9 Å². The fourth-order valence-corrected chi connectivity index (χ4v) is 2.84. The van der Waals surface area contributed by atoms with Gasteiger partial charge in [0.05, 0.1) is 17.1 Å². The molecular formula is C21H22N4O2. The molecule has 0 aliphatic carbocycles. The molecule has 0 spiro atoms. The first-order valence-corrected chi connectivity index (χ1v) is 8.71.